The normalized spacial score (nSPS) is 11.6. The standard InChI is InChI=1S/C19H37NO3S.Na/c1-2-3-4-5-6-7-8-9-10-11-12-13-14-15-18(21)20-17(16-24)19(22)23;/h17,24H,2-16H2,1H3,(H,20,21)(H,22,23);/q;+1/p-1/t17-;/m0./s1. The molecule has 0 heterocycles. The van der Waals surface area contributed by atoms with Gasteiger partial charge in [0.15, 0.2) is 0 Å². The number of hydrogen-bond donors (Lipinski definition) is 2. The van der Waals surface area contributed by atoms with Gasteiger partial charge in [0.1, 0.15) is 0 Å². The number of aliphatic carboxylic acids is 1. The number of carbonyl (C=O) groups excluding carboxylic acids is 2. The molecule has 1 amide bonds. The SMILES string of the molecule is CCCCCCCCCCCCCCCC(=O)N[C@@H](CS)C(=O)[O-].[Na+]. The summed E-state index contributed by atoms with van der Waals surface area (Å²) in [5.74, 6) is -1.43. The zero-order valence-electron chi connectivity index (χ0n) is 16.4. The molecule has 0 radical (unpaired) electrons. The van der Waals surface area contributed by atoms with E-state index in [0.29, 0.717) is 6.42 Å². The van der Waals surface area contributed by atoms with Crippen LogP contribution in [0.1, 0.15) is 96.8 Å². The largest absolute Gasteiger partial charge is 1.00 e. The Labute approximate surface area is 182 Å². The maximum Gasteiger partial charge on any atom is 1.00 e. The molecule has 142 valence electrons. The summed E-state index contributed by atoms with van der Waals surface area (Å²) in [6.07, 6.45) is 16.8. The van der Waals surface area contributed by atoms with Gasteiger partial charge in [-0.1, -0.05) is 84.0 Å². The van der Waals surface area contributed by atoms with E-state index < -0.39 is 12.0 Å². The average Bonchev–Trinajstić information content (AvgIpc) is 2.56. The Hall–Kier alpha value is 0.290. The second-order valence-corrected chi connectivity index (χ2v) is 6.98. The third-order valence-electron chi connectivity index (χ3n) is 4.31. The van der Waals surface area contributed by atoms with Crippen molar-refractivity contribution in [3.05, 3.63) is 0 Å². The molecule has 0 aliphatic rings. The molecule has 0 saturated carbocycles. The molecular formula is C19H36NNaO3S. The van der Waals surface area contributed by atoms with E-state index in [1.807, 2.05) is 0 Å². The van der Waals surface area contributed by atoms with Gasteiger partial charge in [0, 0.05) is 12.2 Å². The van der Waals surface area contributed by atoms with Gasteiger partial charge in [-0.05, 0) is 6.42 Å². The molecule has 0 bridgehead atoms. The fraction of sp³-hybridized carbons (Fsp3) is 0.895. The van der Waals surface area contributed by atoms with E-state index >= 15 is 0 Å². The molecule has 0 aromatic heterocycles. The predicted molar refractivity (Wildman–Crippen MR) is 101 cm³/mol. The Kier molecular flexibility index (Phi) is 22.7. The molecule has 0 aliphatic carbocycles. The van der Waals surface area contributed by atoms with Crippen LogP contribution in [0.3, 0.4) is 0 Å². The van der Waals surface area contributed by atoms with Crippen molar-refractivity contribution >= 4 is 24.5 Å². The first kappa shape index (κ1) is 27.5. The van der Waals surface area contributed by atoms with Crippen molar-refractivity contribution in [1.29, 1.82) is 0 Å². The van der Waals surface area contributed by atoms with Gasteiger partial charge >= 0.3 is 29.6 Å². The third kappa shape index (κ3) is 18.9. The van der Waals surface area contributed by atoms with Gasteiger partial charge in [-0.25, -0.2) is 0 Å². The first-order valence-corrected chi connectivity index (χ1v) is 10.4. The number of hydrogen-bond acceptors (Lipinski definition) is 4. The fourth-order valence-corrected chi connectivity index (χ4v) is 2.99. The van der Waals surface area contributed by atoms with Gasteiger partial charge in [0.25, 0.3) is 0 Å². The van der Waals surface area contributed by atoms with E-state index in [1.54, 1.807) is 0 Å². The molecule has 0 aromatic carbocycles. The third-order valence-corrected chi connectivity index (χ3v) is 4.67. The Morgan fingerprint density at radius 2 is 1.24 bits per heavy atom. The van der Waals surface area contributed by atoms with Gasteiger partial charge in [-0.15, -0.1) is 0 Å². The van der Waals surface area contributed by atoms with Crippen molar-refractivity contribution in [3.8, 4) is 0 Å². The summed E-state index contributed by atoms with van der Waals surface area (Å²) in [7, 11) is 0. The second kappa shape index (κ2) is 20.6. The van der Waals surface area contributed by atoms with E-state index in [-0.39, 0.29) is 41.2 Å². The van der Waals surface area contributed by atoms with E-state index in [4.69, 9.17) is 0 Å². The summed E-state index contributed by atoms with van der Waals surface area (Å²) in [6, 6.07) is -0.984. The zero-order chi connectivity index (χ0) is 18.0. The number of rotatable bonds is 17. The summed E-state index contributed by atoms with van der Waals surface area (Å²) in [4.78, 5) is 22.3. The van der Waals surface area contributed by atoms with Crippen molar-refractivity contribution in [2.24, 2.45) is 0 Å². The molecule has 0 rings (SSSR count). The molecule has 6 heteroatoms. The predicted octanol–water partition coefficient (Wildman–Crippen LogP) is 0.636. The van der Waals surface area contributed by atoms with E-state index in [9.17, 15) is 14.7 Å². The van der Waals surface area contributed by atoms with Crippen LogP contribution in [0.2, 0.25) is 0 Å². The Balaban J connectivity index is 0. The van der Waals surface area contributed by atoms with Crippen molar-refractivity contribution in [3.63, 3.8) is 0 Å². The fourth-order valence-electron chi connectivity index (χ4n) is 2.75. The smallest absolute Gasteiger partial charge is 0.548 e. The van der Waals surface area contributed by atoms with Crippen LogP contribution in [0.25, 0.3) is 0 Å². The Bertz CT molecular complexity index is 330. The molecule has 0 spiro atoms. The van der Waals surface area contributed by atoms with Crippen LogP contribution in [0, 0.1) is 0 Å². The van der Waals surface area contributed by atoms with Crippen LogP contribution in [-0.4, -0.2) is 23.7 Å². The minimum Gasteiger partial charge on any atom is -0.548 e. The van der Waals surface area contributed by atoms with E-state index in [0.717, 1.165) is 19.3 Å². The number of unbranched alkanes of at least 4 members (excludes halogenated alkanes) is 12. The minimum absolute atomic E-state index is 0. The van der Waals surface area contributed by atoms with Crippen molar-refractivity contribution in [2.75, 3.05) is 5.75 Å². The Morgan fingerprint density at radius 1 is 0.840 bits per heavy atom. The number of nitrogens with one attached hydrogen (secondary N) is 1. The van der Waals surface area contributed by atoms with Crippen LogP contribution < -0.4 is 40.0 Å². The molecule has 0 unspecified atom stereocenters. The van der Waals surface area contributed by atoms with Gasteiger partial charge in [0.2, 0.25) is 5.91 Å². The number of thiol groups is 1. The summed E-state index contributed by atoms with van der Waals surface area (Å²) in [5.41, 5.74) is 0. The molecule has 1 N–H and O–H groups in total. The van der Waals surface area contributed by atoms with Crippen molar-refractivity contribution in [1.82, 2.24) is 5.32 Å². The molecule has 0 fully saturated rings. The number of carboxylic acids is 1. The Morgan fingerprint density at radius 3 is 1.60 bits per heavy atom. The molecule has 1 atom stereocenters. The van der Waals surface area contributed by atoms with Crippen LogP contribution >= 0.6 is 12.6 Å². The number of carbonyl (C=O) groups is 2. The molecule has 25 heavy (non-hydrogen) atoms. The van der Waals surface area contributed by atoms with Crippen LogP contribution in [0.5, 0.6) is 0 Å². The zero-order valence-corrected chi connectivity index (χ0v) is 19.3. The summed E-state index contributed by atoms with van der Waals surface area (Å²) >= 11 is 3.89. The van der Waals surface area contributed by atoms with Crippen LogP contribution in [0.4, 0.5) is 0 Å². The van der Waals surface area contributed by atoms with E-state index in [1.165, 1.54) is 64.2 Å². The van der Waals surface area contributed by atoms with Gasteiger partial charge in [0.05, 0.1) is 12.0 Å². The molecule has 0 aromatic rings. The van der Waals surface area contributed by atoms with Crippen molar-refractivity contribution < 1.29 is 44.3 Å². The van der Waals surface area contributed by atoms with Crippen molar-refractivity contribution in [2.45, 2.75) is 103 Å². The maximum atomic E-state index is 11.6. The van der Waals surface area contributed by atoms with Crippen LogP contribution in [-0.2, 0) is 9.59 Å². The first-order chi connectivity index (χ1) is 11.6. The summed E-state index contributed by atoms with van der Waals surface area (Å²) < 4.78 is 0. The second-order valence-electron chi connectivity index (χ2n) is 6.61. The topological polar surface area (TPSA) is 69.2 Å². The molecule has 4 nitrogen and oxygen atoms in total. The average molecular weight is 382 g/mol. The van der Waals surface area contributed by atoms with E-state index in [2.05, 4.69) is 24.9 Å². The number of carboxylic acid groups (broad SMARTS) is 1. The van der Waals surface area contributed by atoms with Gasteiger partial charge in [-0.2, -0.15) is 12.6 Å². The monoisotopic (exact) mass is 381 g/mol. The molecule has 0 saturated heterocycles. The summed E-state index contributed by atoms with van der Waals surface area (Å²) in [6.45, 7) is 2.25. The maximum absolute atomic E-state index is 11.6. The minimum atomic E-state index is -1.27. The van der Waals surface area contributed by atoms with Crippen LogP contribution in [0.15, 0.2) is 0 Å². The molecule has 0 aliphatic heterocycles. The number of amides is 1. The quantitative estimate of drug-likeness (QED) is 0.221. The van der Waals surface area contributed by atoms with Gasteiger partial charge < -0.3 is 15.2 Å². The summed E-state index contributed by atoms with van der Waals surface area (Å²) in [5, 5.41) is 13.1. The van der Waals surface area contributed by atoms with Gasteiger partial charge in [-0.3, -0.25) is 4.79 Å². The first-order valence-electron chi connectivity index (χ1n) is 9.72. The molecular weight excluding hydrogens is 345 g/mol.